The molecule has 0 amide bonds. The summed E-state index contributed by atoms with van der Waals surface area (Å²) < 4.78 is 37.9. The van der Waals surface area contributed by atoms with E-state index < -0.39 is 12.1 Å². The Kier molecular flexibility index (Phi) is 5.92. The van der Waals surface area contributed by atoms with Crippen molar-refractivity contribution in [2.45, 2.75) is 64.3 Å². The molecule has 108 valence electrons. The zero-order chi connectivity index (χ0) is 13.8. The first-order valence-corrected chi connectivity index (χ1v) is 6.77. The molecule has 0 aromatic carbocycles. The van der Waals surface area contributed by atoms with E-state index in [4.69, 9.17) is 0 Å². The van der Waals surface area contributed by atoms with Crippen LogP contribution in [0.4, 0.5) is 13.2 Å². The molecule has 4 unspecified atom stereocenters. The van der Waals surface area contributed by atoms with Crippen molar-refractivity contribution in [3.05, 3.63) is 0 Å². The predicted octanol–water partition coefficient (Wildman–Crippen LogP) is 3.10. The minimum Gasteiger partial charge on any atom is -0.393 e. The number of hydrogen-bond donors (Lipinski definition) is 2. The third kappa shape index (κ3) is 5.57. The maximum atomic E-state index is 12.6. The second-order valence-electron chi connectivity index (χ2n) is 5.70. The Morgan fingerprint density at radius 1 is 1.28 bits per heavy atom. The van der Waals surface area contributed by atoms with E-state index in [1.54, 1.807) is 6.92 Å². The standard InChI is InChI=1S/C13H24F3NO/c1-9(6-10(2)18)8-17-12-5-3-4-11(7-12)13(14,15)16/h9-12,17-18H,3-8H2,1-2H3. The van der Waals surface area contributed by atoms with Gasteiger partial charge in [0.25, 0.3) is 0 Å². The molecule has 1 saturated carbocycles. The molecule has 0 heterocycles. The van der Waals surface area contributed by atoms with Crippen molar-refractivity contribution in [1.82, 2.24) is 5.32 Å². The van der Waals surface area contributed by atoms with Gasteiger partial charge in [-0.15, -0.1) is 0 Å². The summed E-state index contributed by atoms with van der Waals surface area (Å²) in [7, 11) is 0. The quantitative estimate of drug-likeness (QED) is 0.802. The fourth-order valence-electron chi connectivity index (χ4n) is 2.71. The van der Waals surface area contributed by atoms with Gasteiger partial charge in [-0.3, -0.25) is 0 Å². The molecule has 18 heavy (non-hydrogen) atoms. The third-order valence-corrected chi connectivity index (χ3v) is 3.64. The summed E-state index contributed by atoms with van der Waals surface area (Å²) in [5.41, 5.74) is 0. The Bertz CT molecular complexity index is 243. The van der Waals surface area contributed by atoms with Crippen LogP contribution in [0, 0.1) is 11.8 Å². The Morgan fingerprint density at radius 2 is 1.94 bits per heavy atom. The Balaban J connectivity index is 2.30. The highest BCUT2D eigenvalue weighted by atomic mass is 19.4. The van der Waals surface area contributed by atoms with Crippen LogP contribution in [0.2, 0.25) is 0 Å². The largest absolute Gasteiger partial charge is 0.393 e. The summed E-state index contributed by atoms with van der Waals surface area (Å²) in [5.74, 6) is -0.855. The topological polar surface area (TPSA) is 32.3 Å². The molecule has 0 aromatic rings. The van der Waals surface area contributed by atoms with Crippen LogP contribution in [-0.2, 0) is 0 Å². The van der Waals surface area contributed by atoms with Gasteiger partial charge in [0.2, 0.25) is 0 Å². The van der Waals surface area contributed by atoms with Crippen LogP contribution in [0.3, 0.4) is 0 Å². The van der Waals surface area contributed by atoms with E-state index in [0.717, 1.165) is 6.42 Å². The predicted molar refractivity (Wildman–Crippen MR) is 65.3 cm³/mol. The SMILES string of the molecule is CC(O)CC(C)CNC1CCCC(C(F)(F)F)C1. The highest BCUT2D eigenvalue weighted by Gasteiger charge is 2.41. The van der Waals surface area contributed by atoms with E-state index in [1.165, 1.54) is 0 Å². The van der Waals surface area contributed by atoms with E-state index in [1.807, 2.05) is 6.92 Å². The number of aliphatic hydroxyl groups excluding tert-OH is 1. The minimum atomic E-state index is -4.05. The molecule has 0 bridgehead atoms. The van der Waals surface area contributed by atoms with Crippen LogP contribution < -0.4 is 5.32 Å². The third-order valence-electron chi connectivity index (χ3n) is 3.64. The van der Waals surface area contributed by atoms with E-state index in [0.29, 0.717) is 19.4 Å². The summed E-state index contributed by atoms with van der Waals surface area (Å²) >= 11 is 0. The first-order valence-electron chi connectivity index (χ1n) is 6.77. The van der Waals surface area contributed by atoms with Crippen molar-refractivity contribution in [1.29, 1.82) is 0 Å². The summed E-state index contributed by atoms with van der Waals surface area (Å²) in [5, 5.41) is 12.4. The van der Waals surface area contributed by atoms with Crippen molar-refractivity contribution in [2.24, 2.45) is 11.8 Å². The van der Waals surface area contributed by atoms with Crippen LogP contribution in [0.25, 0.3) is 0 Å². The van der Waals surface area contributed by atoms with Crippen LogP contribution >= 0.6 is 0 Å². The first kappa shape index (κ1) is 15.8. The monoisotopic (exact) mass is 267 g/mol. The van der Waals surface area contributed by atoms with Gasteiger partial charge in [-0.2, -0.15) is 13.2 Å². The summed E-state index contributed by atoms with van der Waals surface area (Å²) in [6.07, 6.45) is -1.78. The van der Waals surface area contributed by atoms with Gasteiger partial charge in [-0.25, -0.2) is 0 Å². The van der Waals surface area contributed by atoms with Gasteiger partial charge in [-0.05, 0) is 45.1 Å². The molecule has 1 aliphatic rings. The lowest BCUT2D eigenvalue weighted by molar-refractivity contribution is -0.183. The number of hydrogen-bond acceptors (Lipinski definition) is 2. The number of rotatable bonds is 5. The fraction of sp³-hybridized carbons (Fsp3) is 1.00. The first-order chi connectivity index (χ1) is 8.29. The average Bonchev–Trinajstić information content (AvgIpc) is 2.25. The van der Waals surface area contributed by atoms with Gasteiger partial charge in [0.1, 0.15) is 0 Å². The Labute approximate surface area is 107 Å². The molecule has 2 nitrogen and oxygen atoms in total. The van der Waals surface area contributed by atoms with Crippen molar-refractivity contribution in [2.75, 3.05) is 6.54 Å². The molecule has 1 rings (SSSR count). The maximum absolute atomic E-state index is 12.6. The number of alkyl halides is 3. The highest BCUT2D eigenvalue weighted by Crippen LogP contribution is 2.37. The highest BCUT2D eigenvalue weighted by molar-refractivity contribution is 4.82. The van der Waals surface area contributed by atoms with Gasteiger partial charge in [0.05, 0.1) is 12.0 Å². The molecule has 4 atom stereocenters. The molecule has 0 aromatic heterocycles. The molecule has 0 spiro atoms. The molecule has 0 radical (unpaired) electrons. The fourth-order valence-corrected chi connectivity index (χ4v) is 2.71. The van der Waals surface area contributed by atoms with Crippen LogP contribution in [0.5, 0.6) is 0 Å². The Morgan fingerprint density at radius 3 is 2.50 bits per heavy atom. The van der Waals surface area contributed by atoms with Gasteiger partial charge < -0.3 is 10.4 Å². The smallest absolute Gasteiger partial charge is 0.391 e. The van der Waals surface area contributed by atoms with E-state index >= 15 is 0 Å². The van der Waals surface area contributed by atoms with Gasteiger partial charge in [0, 0.05) is 6.04 Å². The van der Waals surface area contributed by atoms with Gasteiger partial charge in [-0.1, -0.05) is 13.3 Å². The minimum absolute atomic E-state index is 0.0261. The van der Waals surface area contributed by atoms with Gasteiger partial charge >= 0.3 is 6.18 Å². The second-order valence-corrected chi connectivity index (χ2v) is 5.70. The lowest BCUT2D eigenvalue weighted by atomic mass is 9.85. The molecule has 2 N–H and O–H groups in total. The maximum Gasteiger partial charge on any atom is 0.391 e. The van der Waals surface area contributed by atoms with E-state index in [2.05, 4.69) is 5.32 Å². The van der Waals surface area contributed by atoms with Crippen molar-refractivity contribution < 1.29 is 18.3 Å². The second kappa shape index (κ2) is 6.75. The molecule has 0 aliphatic heterocycles. The molecular formula is C13H24F3NO. The average molecular weight is 267 g/mol. The molecule has 0 saturated heterocycles. The van der Waals surface area contributed by atoms with Crippen LogP contribution in [0.15, 0.2) is 0 Å². The van der Waals surface area contributed by atoms with Crippen molar-refractivity contribution in [3.8, 4) is 0 Å². The van der Waals surface area contributed by atoms with Crippen LogP contribution in [0.1, 0.15) is 46.0 Å². The Hall–Kier alpha value is -0.290. The van der Waals surface area contributed by atoms with Crippen molar-refractivity contribution in [3.63, 3.8) is 0 Å². The number of aliphatic hydroxyl groups is 1. The van der Waals surface area contributed by atoms with Gasteiger partial charge in [0.15, 0.2) is 0 Å². The lowest BCUT2D eigenvalue weighted by Gasteiger charge is -2.32. The zero-order valence-corrected chi connectivity index (χ0v) is 11.1. The van der Waals surface area contributed by atoms with Crippen molar-refractivity contribution >= 4 is 0 Å². The van der Waals surface area contributed by atoms with E-state index in [9.17, 15) is 18.3 Å². The lowest BCUT2D eigenvalue weighted by Crippen LogP contribution is -2.40. The normalized spacial score (nSPS) is 29.0. The molecule has 5 heteroatoms. The summed E-state index contributed by atoms with van der Waals surface area (Å²) in [6, 6.07) is -0.0261. The summed E-state index contributed by atoms with van der Waals surface area (Å²) in [4.78, 5) is 0. The molecule has 1 fully saturated rings. The zero-order valence-electron chi connectivity index (χ0n) is 11.1. The summed E-state index contributed by atoms with van der Waals surface area (Å²) in [6.45, 7) is 4.42. The molecular weight excluding hydrogens is 243 g/mol. The van der Waals surface area contributed by atoms with E-state index in [-0.39, 0.29) is 30.9 Å². The van der Waals surface area contributed by atoms with Crippen LogP contribution in [-0.4, -0.2) is 30.0 Å². The number of halogens is 3. The number of nitrogens with one attached hydrogen (secondary N) is 1. The molecule has 1 aliphatic carbocycles.